The number of hydrogen-bond donors (Lipinski definition) is 1. The Balaban J connectivity index is 2.47. The Morgan fingerprint density at radius 3 is 2.75 bits per heavy atom. The number of hydrogen-bond acceptors (Lipinski definition) is 1. The predicted octanol–water partition coefficient (Wildman–Crippen LogP) is 0.329. The summed E-state index contributed by atoms with van der Waals surface area (Å²) >= 11 is 4.87. The van der Waals surface area contributed by atoms with E-state index < -0.39 is 0 Å². The van der Waals surface area contributed by atoms with Crippen LogP contribution in [0.4, 0.5) is 0 Å². The highest BCUT2D eigenvalue weighted by atomic mass is 35.5. The molecule has 1 unspecified atom stereocenters. The van der Waals surface area contributed by atoms with E-state index >= 15 is 0 Å². The average molecular weight is 189 g/mol. The van der Waals surface area contributed by atoms with Crippen LogP contribution in [0.3, 0.4) is 0 Å². The largest absolute Gasteiger partial charge is 0.382 e. The molecule has 1 heterocycles. The quantitative estimate of drug-likeness (QED) is 0.576. The van der Waals surface area contributed by atoms with E-state index in [0.29, 0.717) is 5.29 Å². The number of quaternary nitrogens is 1. The molecule has 0 saturated heterocycles. The predicted molar refractivity (Wildman–Crippen MR) is 46.6 cm³/mol. The molecule has 0 aromatic carbocycles. The van der Waals surface area contributed by atoms with Gasteiger partial charge in [-0.25, -0.2) is 5.43 Å². The Morgan fingerprint density at radius 1 is 1.58 bits per heavy atom. The minimum Gasteiger partial charge on any atom is -0.382 e. The van der Waals surface area contributed by atoms with Gasteiger partial charge in [0, 0.05) is 5.41 Å². The first-order valence-electron chi connectivity index (χ1n) is 3.96. The summed E-state index contributed by atoms with van der Waals surface area (Å²) in [6.45, 7) is 7.48. The maximum absolute atomic E-state index is 4.87. The molecule has 0 aromatic rings. The monoisotopic (exact) mass is 188 g/mol. The van der Waals surface area contributed by atoms with Crippen molar-refractivity contribution in [2.75, 3.05) is 6.54 Å². The fourth-order valence-corrected chi connectivity index (χ4v) is 1.20. The van der Waals surface area contributed by atoms with Crippen molar-refractivity contribution in [2.45, 2.75) is 20.8 Å². The molecule has 0 aliphatic carbocycles. The van der Waals surface area contributed by atoms with E-state index in [4.69, 9.17) is 11.6 Å². The molecule has 0 radical (unpaired) electrons. The highest BCUT2D eigenvalue weighted by Crippen LogP contribution is 2.09. The van der Waals surface area contributed by atoms with Crippen LogP contribution < -0.4 is 5.01 Å². The van der Waals surface area contributed by atoms with Gasteiger partial charge in [0.1, 0.15) is 17.8 Å². The standard InChI is InChI=1S/C8H15ClN3/c1-8(2,3)6-12-5-4-10-7(9)11-12/h4-5,9,12H,6H2,1-3H3/q+1. The van der Waals surface area contributed by atoms with Gasteiger partial charge in [0.05, 0.1) is 6.54 Å². The number of halogens is 1. The van der Waals surface area contributed by atoms with Crippen molar-refractivity contribution in [3.05, 3.63) is 17.8 Å². The van der Waals surface area contributed by atoms with Gasteiger partial charge in [0.2, 0.25) is 0 Å². The van der Waals surface area contributed by atoms with E-state index in [0.717, 1.165) is 11.6 Å². The second-order valence-corrected chi connectivity index (χ2v) is 4.43. The van der Waals surface area contributed by atoms with Crippen molar-refractivity contribution < 1.29 is 16.6 Å². The average Bonchev–Trinajstić information content (AvgIpc) is 1.82. The van der Waals surface area contributed by atoms with Gasteiger partial charge in [-0.1, -0.05) is 20.8 Å². The second kappa shape index (κ2) is 3.46. The molecule has 0 spiro atoms. The van der Waals surface area contributed by atoms with E-state index in [2.05, 4.69) is 31.2 Å². The van der Waals surface area contributed by atoms with Crippen molar-refractivity contribution >= 4 is 5.29 Å². The summed E-state index contributed by atoms with van der Waals surface area (Å²) in [5, 5.41) is 1.47. The molecule has 12 heavy (non-hydrogen) atoms. The highest BCUT2D eigenvalue weighted by Gasteiger charge is 2.18. The van der Waals surface area contributed by atoms with Crippen molar-refractivity contribution in [3.8, 4) is 0 Å². The molecule has 1 N–H and O–H groups in total. The van der Waals surface area contributed by atoms with Crippen LogP contribution in [0.1, 0.15) is 20.8 Å². The third kappa shape index (κ3) is 3.24. The molecule has 1 rings (SSSR count). The summed E-state index contributed by atoms with van der Waals surface area (Å²) in [5.41, 5.74) is 4.42. The molecule has 0 fully saturated rings. The van der Waals surface area contributed by atoms with Crippen LogP contribution in [0.2, 0.25) is 0 Å². The van der Waals surface area contributed by atoms with E-state index in [9.17, 15) is 0 Å². The van der Waals surface area contributed by atoms with Gasteiger partial charge in [-0.3, -0.25) is 5.01 Å². The minimum absolute atomic E-state index is 0.260. The zero-order valence-electron chi connectivity index (χ0n) is 7.66. The van der Waals surface area contributed by atoms with Gasteiger partial charge in [0.15, 0.2) is 0 Å². The lowest BCUT2D eigenvalue weighted by molar-refractivity contribution is -0.811. The van der Waals surface area contributed by atoms with Gasteiger partial charge in [-0.15, -0.1) is 0 Å². The normalized spacial score (nSPS) is 23.3. The summed E-state index contributed by atoms with van der Waals surface area (Å²) in [5.74, 6) is 0. The number of nitrogens with zero attached hydrogens (tertiary/aromatic N) is 2. The summed E-state index contributed by atoms with van der Waals surface area (Å²) in [6, 6.07) is 0. The van der Waals surface area contributed by atoms with Gasteiger partial charge < -0.3 is 4.99 Å². The van der Waals surface area contributed by atoms with Crippen molar-refractivity contribution in [3.63, 3.8) is 0 Å². The number of rotatable bonds is 1. The SMILES string of the molecule is CC(C)(C)C[NH+]1C=CN=C([ClH+])[N-]1. The van der Waals surface area contributed by atoms with Crippen LogP contribution in [0, 0.1) is 17.0 Å². The molecule has 1 atom stereocenters. The number of amidine groups is 1. The first kappa shape index (κ1) is 9.55. The highest BCUT2D eigenvalue weighted by molar-refractivity contribution is 5.81. The lowest BCUT2D eigenvalue weighted by Gasteiger charge is -2.26. The Labute approximate surface area is 78.1 Å². The van der Waals surface area contributed by atoms with E-state index in [1.165, 1.54) is 0 Å². The Bertz CT molecular complexity index is 215. The van der Waals surface area contributed by atoms with Gasteiger partial charge in [-0.2, -0.15) is 0 Å². The minimum atomic E-state index is 0.260. The molecule has 0 aromatic heterocycles. The third-order valence-electron chi connectivity index (χ3n) is 1.40. The lowest BCUT2D eigenvalue weighted by atomic mass is 9.97. The zero-order chi connectivity index (χ0) is 9.19. The van der Waals surface area contributed by atoms with Gasteiger partial charge in [0.25, 0.3) is 5.29 Å². The summed E-state index contributed by atoms with van der Waals surface area (Å²) < 4.78 is 0. The van der Waals surface area contributed by atoms with Crippen LogP contribution in [0.15, 0.2) is 17.4 Å². The maximum atomic E-state index is 4.87. The second-order valence-electron chi connectivity index (χ2n) is 4.07. The van der Waals surface area contributed by atoms with Crippen molar-refractivity contribution in [2.24, 2.45) is 10.4 Å². The molecular formula is C8H15ClN3+. The van der Waals surface area contributed by atoms with Gasteiger partial charge >= 0.3 is 0 Å². The van der Waals surface area contributed by atoms with Crippen LogP contribution in [0.25, 0.3) is 5.43 Å². The number of nitrogens with one attached hydrogen (secondary N) is 1. The zero-order valence-corrected chi connectivity index (χ0v) is 8.48. The molecular weight excluding hydrogens is 174 g/mol. The Hall–Kier alpha value is -0.540. The fraction of sp³-hybridized carbons (Fsp3) is 0.625. The Kier molecular flexibility index (Phi) is 2.75. The summed E-state index contributed by atoms with van der Waals surface area (Å²) in [4.78, 5) is 3.87. The Morgan fingerprint density at radius 2 is 2.25 bits per heavy atom. The first-order chi connectivity index (χ1) is 5.47. The third-order valence-corrected chi connectivity index (χ3v) is 1.60. The maximum Gasteiger partial charge on any atom is 0.258 e. The molecule has 0 amide bonds. The summed E-state index contributed by atoms with van der Waals surface area (Å²) in [7, 11) is 0. The van der Waals surface area contributed by atoms with Crippen LogP contribution in [-0.2, 0) is 0 Å². The molecule has 0 bridgehead atoms. The van der Waals surface area contributed by atoms with Crippen LogP contribution in [0.5, 0.6) is 0 Å². The van der Waals surface area contributed by atoms with E-state index in [1.54, 1.807) is 6.20 Å². The molecule has 0 saturated carbocycles. The molecule has 4 heteroatoms. The lowest BCUT2D eigenvalue weighted by Crippen LogP contribution is -3.05. The van der Waals surface area contributed by atoms with Gasteiger partial charge in [-0.05, 0) is 6.20 Å². The van der Waals surface area contributed by atoms with E-state index in [-0.39, 0.29) is 5.41 Å². The molecule has 68 valence electrons. The topological polar surface area (TPSA) is 30.9 Å². The molecule has 1 aliphatic rings. The molecule has 3 nitrogen and oxygen atoms in total. The molecule has 1 aliphatic heterocycles. The first-order valence-corrected chi connectivity index (χ1v) is 4.37. The summed E-state index contributed by atoms with van der Waals surface area (Å²) in [6.07, 6.45) is 3.64. The number of aliphatic imine (C=N–C) groups is 1. The van der Waals surface area contributed by atoms with Crippen LogP contribution >= 0.6 is 0 Å². The smallest absolute Gasteiger partial charge is 0.258 e. The van der Waals surface area contributed by atoms with E-state index in [1.807, 2.05) is 6.20 Å². The van der Waals surface area contributed by atoms with Crippen molar-refractivity contribution in [1.29, 1.82) is 0 Å². The van der Waals surface area contributed by atoms with Crippen molar-refractivity contribution in [1.82, 2.24) is 0 Å². The van der Waals surface area contributed by atoms with Crippen LogP contribution in [-0.4, -0.2) is 11.8 Å². The fourth-order valence-electron chi connectivity index (χ4n) is 1.02.